The van der Waals surface area contributed by atoms with Crippen LogP contribution in [-0.4, -0.2) is 303 Å². The molecule has 0 unspecified atom stereocenters. The Balaban J connectivity index is 0.000000183. The van der Waals surface area contributed by atoms with Gasteiger partial charge in [0.05, 0.1) is 67.3 Å². The van der Waals surface area contributed by atoms with Crippen molar-refractivity contribution in [3.63, 3.8) is 0 Å². The molecule has 6 saturated heterocycles. The summed E-state index contributed by atoms with van der Waals surface area (Å²) < 4.78 is 177. The minimum absolute atomic E-state index is 0. The number of hydrogen-bond acceptors (Lipinski definition) is 22. The molecule has 772 valence electrons. The van der Waals surface area contributed by atoms with Gasteiger partial charge in [-0.3, -0.25) is 38.2 Å². The molecule has 2 amide bonds. The number of alkyl halides is 7. The van der Waals surface area contributed by atoms with Crippen LogP contribution in [0.2, 0.25) is 15.1 Å². The van der Waals surface area contributed by atoms with Gasteiger partial charge in [0.25, 0.3) is 12.9 Å². The molecule has 12 heterocycles. The minimum atomic E-state index is -2.39. The normalized spacial score (nSPS) is 20.5. The fourth-order valence-electron chi connectivity index (χ4n) is 19.5. The molecule has 6 atom stereocenters. The van der Waals surface area contributed by atoms with E-state index < -0.39 is 77.2 Å². The summed E-state index contributed by atoms with van der Waals surface area (Å²) in [6.45, 7) is 29.3. The van der Waals surface area contributed by atoms with Gasteiger partial charge in [0, 0.05) is 262 Å². The van der Waals surface area contributed by atoms with E-state index >= 15 is 13.2 Å². The number of halogens is 16. The molecule has 9 aromatic rings. The fourth-order valence-corrected chi connectivity index (χ4v) is 24.6. The summed E-state index contributed by atoms with van der Waals surface area (Å²) in [6.07, 6.45) is -4.60. The van der Waals surface area contributed by atoms with Crippen molar-refractivity contribution < 1.29 is 71.7 Å². The van der Waals surface area contributed by atoms with Crippen molar-refractivity contribution in [3.05, 3.63) is 154 Å². The van der Waals surface area contributed by atoms with Crippen molar-refractivity contribution in [1.82, 2.24) is 68.3 Å². The number of rotatable bonds is 17. The average molecular weight is 2260 g/mol. The van der Waals surface area contributed by atoms with Crippen LogP contribution < -0.4 is 37.1 Å². The van der Waals surface area contributed by atoms with Gasteiger partial charge in [-0.25, -0.2) is 76.7 Å². The highest BCUT2D eigenvalue weighted by molar-refractivity contribution is 14.1. The molecule has 46 heteroatoms. The first kappa shape index (κ1) is 113. The molecule has 3 aromatic heterocycles. The number of carbonyl (C=O) groups excluding carboxylic acids is 2. The van der Waals surface area contributed by atoms with Crippen molar-refractivity contribution in [2.24, 2.45) is 0 Å². The smallest absolute Gasteiger partial charge is 0.410 e. The second-order valence-electron chi connectivity index (χ2n) is 38.0. The molecule has 24 nitrogen and oxygen atoms in total. The summed E-state index contributed by atoms with van der Waals surface area (Å²) in [4.78, 5) is 103. The van der Waals surface area contributed by atoms with Crippen molar-refractivity contribution in [2.75, 3.05) is 193 Å². The number of piperidine rings is 1. The minimum Gasteiger partial charge on any atom is -0.444 e. The number of thioether (sulfide) groups is 3. The van der Waals surface area contributed by atoms with Gasteiger partial charge in [-0.15, -0.1) is 35.3 Å². The van der Waals surface area contributed by atoms with Gasteiger partial charge >= 0.3 is 29.3 Å². The first-order valence-corrected chi connectivity index (χ1v) is 51.8. The van der Waals surface area contributed by atoms with E-state index in [9.17, 15) is 63.5 Å². The molecule has 9 aliphatic heterocycles. The molecule has 0 radical (unpaired) electrons. The molecular weight excluding hydrogens is 2140 g/mol. The van der Waals surface area contributed by atoms with Crippen LogP contribution in [0.15, 0.2) is 102 Å². The van der Waals surface area contributed by atoms with Gasteiger partial charge in [0.1, 0.15) is 63.6 Å². The maximum atomic E-state index is 15.3. The molecule has 18 rings (SSSR count). The van der Waals surface area contributed by atoms with Crippen LogP contribution in [0.3, 0.4) is 0 Å². The predicted octanol–water partition coefficient (Wildman–Crippen LogP) is 18.9. The molecule has 6 aromatic carbocycles. The van der Waals surface area contributed by atoms with Crippen LogP contribution in [0.1, 0.15) is 99.7 Å². The van der Waals surface area contributed by atoms with Crippen molar-refractivity contribution in [2.45, 2.75) is 163 Å². The Morgan fingerprint density at radius 2 is 0.738 bits per heavy atom. The van der Waals surface area contributed by atoms with Gasteiger partial charge < -0.3 is 39.3 Å². The van der Waals surface area contributed by atoms with Crippen LogP contribution in [0, 0.1) is 34.9 Å². The summed E-state index contributed by atoms with van der Waals surface area (Å²) >= 11 is 26.8. The highest BCUT2D eigenvalue weighted by Crippen LogP contribution is 2.53. The molecule has 9 aliphatic rings. The number of amides is 2. The van der Waals surface area contributed by atoms with E-state index in [1.165, 1.54) is 71.7 Å². The zero-order valence-electron chi connectivity index (χ0n) is 79.3. The summed E-state index contributed by atoms with van der Waals surface area (Å²) in [5.74, 6) is -1.24. The number of nitrogens with one attached hydrogen (secondary N) is 1. The Labute approximate surface area is 872 Å². The average Bonchev–Trinajstić information content (AvgIpc) is 0.729. The molecule has 141 heavy (non-hydrogen) atoms. The predicted molar refractivity (Wildman–Crippen MR) is 561 cm³/mol. The largest absolute Gasteiger partial charge is 0.444 e. The van der Waals surface area contributed by atoms with E-state index in [2.05, 4.69) is 46.8 Å². The highest BCUT2D eigenvalue weighted by atomic mass is 127. The first-order valence-electron chi connectivity index (χ1n) is 46.2. The Morgan fingerprint density at radius 1 is 0.433 bits per heavy atom. The van der Waals surface area contributed by atoms with Gasteiger partial charge in [0.2, 0.25) is 6.43 Å². The second kappa shape index (κ2) is 48.5. The van der Waals surface area contributed by atoms with Crippen LogP contribution in [-0.2, 0) is 9.47 Å². The lowest BCUT2D eigenvalue weighted by Crippen LogP contribution is -2.55. The van der Waals surface area contributed by atoms with Gasteiger partial charge in [-0.2, -0.15) is 55.4 Å². The van der Waals surface area contributed by atoms with Crippen molar-refractivity contribution >= 4 is 196 Å². The number of ether oxygens (including phenoxy) is 2. The maximum Gasteiger partial charge on any atom is 0.410 e. The lowest BCUT2D eigenvalue weighted by Gasteiger charge is -2.42. The van der Waals surface area contributed by atoms with E-state index in [0.29, 0.717) is 215 Å². The van der Waals surface area contributed by atoms with E-state index in [1.54, 1.807) is 74.1 Å². The Kier molecular flexibility index (Phi) is 38.9. The summed E-state index contributed by atoms with van der Waals surface area (Å²) in [5, 5.41) is 6.24. The standard InChI is InChI=1S/C33H39ClF4N6O3S.C31H37ClF2N6O3S.C29H32ClF4N5OS.C2H3F2I.3H2S/c1-19-15-42(32(46)47-33(2,3)4)11-12-43(19)30-23-14-24(34)27(22-6-5-20(35)13-25(22)36)29-28(23)44(31(45)39-30)21(18-48-29)16-40-7-9-41(10-8-40)17-26(37)38;1-18-15-38(30(42)43-31(2,3)4)11-12-39(18)28-22-14-23(32)25(21-6-5-19(33)13-24(21)34)27-26(22)40(29(41)36-28)20(17-44-27)16-37-9-7-35-8-10-37;1-17-4-2-3-7-38(17)28-21-13-22(30)25(20-6-5-18(31)12-23(20)32)27-26(21)39(29(40)35-28)19(16-41-27)14-36-8-10-37(11-9-36)15-24(33)34;3-2(4)1-5;;;/h5-6,13-14,19,21,26H,7-12,15-18H2,1-4H3;5-6,13-14,18,20,35H,7-12,15-17H2,1-4H3;5-6,12-13,17,19,24H,2-4,7-11,14-16H2,1H3;2H,1H2;3*1H2/t19-,21-;18-,20-;17-,19-;;;;/m000..../s1. The van der Waals surface area contributed by atoms with Gasteiger partial charge in [-0.05, 0) is 136 Å². The lowest BCUT2D eigenvalue weighted by molar-refractivity contribution is 0.0208. The number of nitrogens with zero attached hydrogens (tertiary/aromatic N) is 16. The second-order valence-corrected chi connectivity index (χ2v) is 43.2. The maximum absolute atomic E-state index is 15.3. The van der Waals surface area contributed by atoms with Gasteiger partial charge in [-0.1, -0.05) is 57.4 Å². The van der Waals surface area contributed by atoms with E-state index in [-0.39, 0.29) is 133 Å². The quantitative estimate of drug-likeness (QED) is 0.0512. The zero-order chi connectivity index (χ0) is 98.9. The van der Waals surface area contributed by atoms with E-state index in [4.69, 9.17) is 44.3 Å². The fraction of sp³-hybridized carbons (Fsp3) is 0.537. The molecule has 6 fully saturated rings. The Bertz CT molecular complexity index is 6190. The summed E-state index contributed by atoms with van der Waals surface area (Å²) in [6, 6.07) is 14.5. The monoisotopic (exact) mass is 2260 g/mol. The van der Waals surface area contributed by atoms with Crippen molar-refractivity contribution in [1.29, 1.82) is 0 Å². The zero-order valence-corrected chi connectivity index (χ0v) is 89.2. The van der Waals surface area contributed by atoms with Crippen LogP contribution in [0.25, 0.3) is 66.1 Å². The van der Waals surface area contributed by atoms with Crippen molar-refractivity contribution in [3.8, 4) is 33.4 Å². The Morgan fingerprint density at radius 3 is 1.02 bits per heavy atom. The van der Waals surface area contributed by atoms with E-state index in [1.807, 2.05) is 65.2 Å². The number of aromatic nitrogens is 6. The topological polar surface area (TPSA) is 202 Å². The number of anilines is 3. The summed E-state index contributed by atoms with van der Waals surface area (Å²) in [7, 11) is 0. The third-order valence-corrected chi connectivity index (χ3v) is 31.2. The van der Waals surface area contributed by atoms with Crippen LogP contribution >= 0.6 is 133 Å². The third kappa shape index (κ3) is 26.2. The van der Waals surface area contributed by atoms with Crippen LogP contribution in [0.5, 0.6) is 0 Å². The third-order valence-electron chi connectivity index (χ3n) is 25.9. The lowest BCUT2D eigenvalue weighted by atomic mass is 10.00. The van der Waals surface area contributed by atoms with Gasteiger partial charge in [0.15, 0.2) is 0 Å². The molecule has 0 bridgehead atoms. The highest BCUT2D eigenvalue weighted by Gasteiger charge is 2.42. The number of piperazine rings is 5. The number of hydrogen-bond donors (Lipinski definition) is 1. The molecule has 1 N–H and O–H groups in total. The molecular formula is C95H117Cl3F12IN17O7S6. The van der Waals surface area contributed by atoms with Crippen LogP contribution in [0.4, 0.5) is 79.7 Å². The molecule has 0 aliphatic carbocycles. The molecule has 0 spiro atoms. The number of carbonyl (C=O) groups is 2. The first-order chi connectivity index (χ1) is 65.6. The Hall–Kier alpha value is -6.70. The number of benzene rings is 6. The summed E-state index contributed by atoms with van der Waals surface area (Å²) in [5.41, 5.74) is 1.13. The molecule has 0 saturated carbocycles. The van der Waals surface area contributed by atoms with E-state index in [0.717, 1.165) is 75.6 Å². The SMILES string of the molecule is C[C@H]1CCCCN1c1nc(=O)n2c3c(c(-c4ccc(F)cc4F)c(Cl)cc13)SC[C@@H]2CN1CCN(CC(F)F)CC1.C[C@H]1CN(C(=O)OC(C)(C)C)CCN1c1nc(=O)n2c3c(c(-c4ccc(F)cc4F)c(Cl)cc13)SC[C@@H]2CN1CCN(CC(F)F)CC1.C[C@H]1CN(C(=O)OC(C)(C)C)CCN1c1nc(=O)n2c3c(c(-c4ccc(F)cc4F)c(Cl)cc13)SC[C@@H]2CN1CCNCC1.FC(F)CI.S.S.S.